The second-order valence-corrected chi connectivity index (χ2v) is 6.63. The fraction of sp³-hybridized carbons (Fsp3) is 0.529. The predicted octanol–water partition coefficient (Wildman–Crippen LogP) is 1.41. The zero-order chi connectivity index (χ0) is 16.4. The van der Waals surface area contributed by atoms with Gasteiger partial charge in [-0.1, -0.05) is 0 Å². The third-order valence-electron chi connectivity index (χ3n) is 4.97. The summed E-state index contributed by atoms with van der Waals surface area (Å²) in [6, 6.07) is 4.22. The van der Waals surface area contributed by atoms with Crippen molar-refractivity contribution >= 4 is 11.7 Å². The van der Waals surface area contributed by atoms with Gasteiger partial charge in [0.1, 0.15) is 12.1 Å². The Morgan fingerprint density at radius 2 is 2.25 bits per heavy atom. The SMILES string of the molecule is O=C(c1ccoc1)N1CCC(NC[C@@H]2CNc3ccnn3C2)CC1. The van der Waals surface area contributed by atoms with E-state index in [0.717, 1.165) is 51.4 Å². The van der Waals surface area contributed by atoms with Crippen LogP contribution in [0.5, 0.6) is 0 Å². The molecule has 2 aliphatic rings. The monoisotopic (exact) mass is 329 g/mol. The van der Waals surface area contributed by atoms with Crippen LogP contribution in [0.4, 0.5) is 5.82 Å². The summed E-state index contributed by atoms with van der Waals surface area (Å²) in [5.41, 5.74) is 0.643. The van der Waals surface area contributed by atoms with Crippen LogP contribution in [0.3, 0.4) is 0 Å². The molecular formula is C17H23N5O2. The molecule has 1 fully saturated rings. The van der Waals surface area contributed by atoms with E-state index >= 15 is 0 Å². The van der Waals surface area contributed by atoms with Crippen LogP contribution in [-0.2, 0) is 6.54 Å². The summed E-state index contributed by atoms with van der Waals surface area (Å²) in [6.45, 7) is 4.52. The Kier molecular flexibility index (Phi) is 4.25. The zero-order valence-electron chi connectivity index (χ0n) is 13.6. The Balaban J connectivity index is 1.22. The Morgan fingerprint density at radius 1 is 1.38 bits per heavy atom. The third-order valence-corrected chi connectivity index (χ3v) is 4.97. The summed E-state index contributed by atoms with van der Waals surface area (Å²) in [7, 11) is 0. The van der Waals surface area contributed by atoms with Gasteiger partial charge in [-0.3, -0.25) is 4.79 Å². The lowest BCUT2D eigenvalue weighted by Crippen LogP contribution is -2.47. The van der Waals surface area contributed by atoms with Gasteiger partial charge in [0.15, 0.2) is 0 Å². The highest BCUT2D eigenvalue weighted by atomic mass is 16.3. The van der Waals surface area contributed by atoms with E-state index in [1.807, 2.05) is 21.8 Å². The molecule has 7 nitrogen and oxygen atoms in total. The molecule has 0 radical (unpaired) electrons. The number of rotatable bonds is 4. The molecule has 0 saturated carbocycles. The second-order valence-electron chi connectivity index (χ2n) is 6.63. The number of nitrogens with zero attached hydrogens (tertiary/aromatic N) is 3. The Bertz CT molecular complexity index is 673. The number of nitrogens with one attached hydrogen (secondary N) is 2. The molecule has 1 atom stereocenters. The molecule has 0 bridgehead atoms. The van der Waals surface area contributed by atoms with Crippen LogP contribution >= 0.6 is 0 Å². The summed E-state index contributed by atoms with van der Waals surface area (Å²) in [5, 5.41) is 11.4. The van der Waals surface area contributed by atoms with E-state index in [2.05, 4.69) is 15.7 Å². The van der Waals surface area contributed by atoms with Gasteiger partial charge in [0, 0.05) is 50.7 Å². The van der Waals surface area contributed by atoms with E-state index in [-0.39, 0.29) is 5.91 Å². The standard InChI is InChI=1S/C17H23N5O2/c23-17(14-4-8-24-12-14)21-6-2-15(3-7-21)18-9-13-10-19-16-1-5-20-22(16)11-13/h1,4-5,8,12-13,15,18-19H,2-3,6-7,9-11H2/t13-/m1/s1. The first-order valence-electron chi connectivity index (χ1n) is 8.60. The molecule has 2 aliphatic heterocycles. The number of anilines is 1. The van der Waals surface area contributed by atoms with E-state index in [0.29, 0.717) is 17.5 Å². The van der Waals surface area contributed by atoms with Gasteiger partial charge < -0.3 is 20.0 Å². The predicted molar refractivity (Wildman–Crippen MR) is 89.8 cm³/mol. The largest absolute Gasteiger partial charge is 0.472 e. The van der Waals surface area contributed by atoms with Gasteiger partial charge in [-0.05, 0) is 18.9 Å². The van der Waals surface area contributed by atoms with Crippen LogP contribution in [0.2, 0.25) is 0 Å². The van der Waals surface area contributed by atoms with Crippen LogP contribution in [0, 0.1) is 5.92 Å². The fourth-order valence-corrected chi connectivity index (χ4v) is 3.51. The van der Waals surface area contributed by atoms with Gasteiger partial charge in [0.25, 0.3) is 5.91 Å². The quantitative estimate of drug-likeness (QED) is 0.887. The zero-order valence-corrected chi connectivity index (χ0v) is 13.6. The molecule has 0 unspecified atom stereocenters. The average Bonchev–Trinajstić information content (AvgIpc) is 3.31. The van der Waals surface area contributed by atoms with Crippen LogP contribution in [0.1, 0.15) is 23.2 Å². The topological polar surface area (TPSA) is 75.3 Å². The van der Waals surface area contributed by atoms with Gasteiger partial charge in [-0.15, -0.1) is 0 Å². The van der Waals surface area contributed by atoms with Crippen LogP contribution in [-0.4, -0.2) is 52.8 Å². The Morgan fingerprint density at radius 3 is 3.04 bits per heavy atom. The molecule has 0 aliphatic carbocycles. The maximum Gasteiger partial charge on any atom is 0.257 e. The molecule has 1 amide bonds. The number of likely N-dealkylation sites (tertiary alicyclic amines) is 1. The number of carbonyl (C=O) groups is 1. The first kappa shape index (κ1) is 15.3. The maximum absolute atomic E-state index is 12.3. The van der Waals surface area contributed by atoms with Crippen molar-refractivity contribution in [3.8, 4) is 0 Å². The van der Waals surface area contributed by atoms with E-state index < -0.39 is 0 Å². The van der Waals surface area contributed by atoms with Crippen molar-refractivity contribution in [3.63, 3.8) is 0 Å². The van der Waals surface area contributed by atoms with Crippen molar-refractivity contribution in [3.05, 3.63) is 36.4 Å². The summed E-state index contributed by atoms with van der Waals surface area (Å²) in [4.78, 5) is 14.2. The minimum absolute atomic E-state index is 0.0740. The molecule has 24 heavy (non-hydrogen) atoms. The second kappa shape index (κ2) is 6.68. The van der Waals surface area contributed by atoms with Crippen LogP contribution in [0.15, 0.2) is 35.3 Å². The molecule has 7 heteroatoms. The molecule has 4 rings (SSSR count). The molecule has 1 saturated heterocycles. The summed E-state index contributed by atoms with van der Waals surface area (Å²) < 4.78 is 7.03. The summed E-state index contributed by atoms with van der Waals surface area (Å²) >= 11 is 0. The summed E-state index contributed by atoms with van der Waals surface area (Å²) in [6.07, 6.45) is 6.90. The van der Waals surface area contributed by atoms with Crippen molar-refractivity contribution in [2.75, 3.05) is 31.5 Å². The van der Waals surface area contributed by atoms with E-state index in [4.69, 9.17) is 4.42 Å². The van der Waals surface area contributed by atoms with Crippen LogP contribution < -0.4 is 10.6 Å². The van der Waals surface area contributed by atoms with Gasteiger partial charge in [0.2, 0.25) is 0 Å². The summed E-state index contributed by atoms with van der Waals surface area (Å²) in [5.74, 6) is 1.73. The number of aromatic nitrogens is 2. The van der Waals surface area contributed by atoms with Crippen LogP contribution in [0.25, 0.3) is 0 Å². The van der Waals surface area contributed by atoms with E-state index in [9.17, 15) is 4.79 Å². The van der Waals surface area contributed by atoms with Crippen molar-refractivity contribution in [1.29, 1.82) is 0 Å². The molecular weight excluding hydrogens is 306 g/mol. The molecule has 2 aromatic heterocycles. The molecule has 0 aromatic carbocycles. The number of piperidine rings is 1. The highest BCUT2D eigenvalue weighted by Crippen LogP contribution is 2.18. The normalized spacial score (nSPS) is 21.3. The van der Waals surface area contributed by atoms with Gasteiger partial charge in [-0.2, -0.15) is 5.10 Å². The van der Waals surface area contributed by atoms with Gasteiger partial charge in [-0.25, -0.2) is 4.68 Å². The van der Waals surface area contributed by atoms with Gasteiger partial charge in [0.05, 0.1) is 18.0 Å². The van der Waals surface area contributed by atoms with Crippen molar-refractivity contribution in [2.24, 2.45) is 5.92 Å². The minimum atomic E-state index is 0.0740. The number of hydrogen-bond donors (Lipinski definition) is 2. The molecule has 128 valence electrons. The molecule has 2 aromatic rings. The van der Waals surface area contributed by atoms with Crippen molar-refractivity contribution < 1.29 is 9.21 Å². The Labute approximate surface area is 141 Å². The number of carbonyl (C=O) groups excluding carboxylic acids is 1. The Hall–Kier alpha value is -2.28. The lowest BCUT2D eigenvalue weighted by atomic mass is 10.0. The maximum atomic E-state index is 12.3. The first-order chi connectivity index (χ1) is 11.8. The fourth-order valence-electron chi connectivity index (χ4n) is 3.51. The molecule has 2 N–H and O–H groups in total. The highest BCUT2D eigenvalue weighted by molar-refractivity contribution is 5.93. The lowest BCUT2D eigenvalue weighted by Gasteiger charge is -2.33. The van der Waals surface area contributed by atoms with E-state index in [1.54, 1.807) is 12.3 Å². The number of amides is 1. The third kappa shape index (κ3) is 3.17. The van der Waals surface area contributed by atoms with Gasteiger partial charge >= 0.3 is 0 Å². The molecule has 4 heterocycles. The lowest BCUT2D eigenvalue weighted by molar-refractivity contribution is 0.0703. The average molecular weight is 329 g/mol. The van der Waals surface area contributed by atoms with Crippen molar-refractivity contribution in [1.82, 2.24) is 20.0 Å². The minimum Gasteiger partial charge on any atom is -0.472 e. The molecule has 0 spiro atoms. The smallest absolute Gasteiger partial charge is 0.257 e. The van der Waals surface area contributed by atoms with Crippen molar-refractivity contribution in [2.45, 2.75) is 25.4 Å². The number of furan rings is 1. The first-order valence-corrected chi connectivity index (χ1v) is 8.60. The highest BCUT2D eigenvalue weighted by Gasteiger charge is 2.25. The van der Waals surface area contributed by atoms with E-state index in [1.165, 1.54) is 6.26 Å². The number of hydrogen-bond acceptors (Lipinski definition) is 5. The number of fused-ring (bicyclic) bond motifs is 1.